The molecule has 1 aliphatic heterocycles. The Morgan fingerprint density at radius 1 is 0.929 bits per heavy atom. The van der Waals surface area contributed by atoms with Crippen LogP contribution in [0.4, 0.5) is 20.6 Å². The standard InChI is InChI=1S/C31H33FN4O6/c1-20-5-3-6-22(17-20)29(39)34-26-18-23(9-12-27(26)35-13-4-14-36(16-15-35)31(41)42-2)30(40)33-25(19-28(37)38)21-7-10-24(32)11-8-21/h3,5-12,17-18,25H,4,13-16,19H2,1-2H3,(H,33,40)(H,34,39)(H,37,38). The SMILES string of the molecule is COC(=O)N1CCCN(c2ccc(C(=O)NC(CC(=O)O)c3ccc(F)cc3)cc2NC(=O)c2cccc(C)c2)CC1. The van der Waals surface area contributed by atoms with Crippen LogP contribution in [0.5, 0.6) is 0 Å². The van der Waals surface area contributed by atoms with Crippen LogP contribution in [0, 0.1) is 12.7 Å². The molecule has 0 saturated carbocycles. The first-order valence-electron chi connectivity index (χ1n) is 13.5. The van der Waals surface area contributed by atoms with Crippen LogP contribution in [0.25, 0.3) is 0 Å². The van der Waals surface area contributed by atoms with Crippen LogP contribution in [0.15, 0.2) is 66.7 Å². The third kappa shape index (κ3) is 7.62. The van der Waals surface area contributed by atoms with Gasteiger partial charge in [0.15, 0.2) is 0 Å². The number of carbonyl (C=O) groups excluding carboxylic acids is 3. The van der Waals surface area contributed by atoms with Crippen LogP contribution >= 0.6 is 0 Å². The molecule has 0 radical (unpaired) electrons. The molecular formula is C31H33FN4O6. The Morgan fingerprint density at radius 3 is 2.36 bits per heavy atom. The second-order valence-electron chi connectivity index (χ2n) is 10.0. The topological polar surface area (TPSA) is 128 Å². The van der Waals surface area contributed by atoms with Gasteiger partial charge in [-0.2, -0.15) is 0 Å². The molecule has 1 heterocycles. The number of methoxy groups -OCH3 is 1. The summed E-state index contributed by atoms with van der Waals surface area (Å²) in [6.45, 7) is 3.88. The predicted molar refractivity (Wildman–Crippen MR) is 155 cm³/mol. The molecule has 3 amide bonds. The van der Waals surface area contributed by atoms with Crippen molar-refractivity contribution in [2.24, 2.45) is 0 Å². The highest BCUT2D eigenvalue weighted by molar-refractivity contribution is 6.07. The van der Waals surface area contributed by atoms with Gasteiger partial charge in [-0.15, -0.1) is 0 Å². The van der Waals surface area contributed by atoms with E-state index >= 15 is 0 Å². The Labute approximate surface area is 243 Å². The lowest BCUT2D eigenvalue weighted by Crippen LogP contribution is -2.35. The summed E-state index contributed by atoms with van der Waals surface area (Å²) in [5, 5.41) is 15.1. The molecule has 0 spiro atoms. The molecule has 0 aromatic heterocycles. The minimum atomic E-state index is -1.13. The van der Waals surface area contributed by atoms with E-state index in [0.29, 0.717) is 55.1 Å². The van der Waals surface area contributed by atoms with Crippen LogP contribution in [0.1, 0.15) is 50.7 Å². The van der Waals surface area contributed by atoms with Gasteiger partial charge in [0.1, 0.15) is 5.82 Å². The number of carboxylic acid groups (broad SMARTS) is 1. The first-order chi connectivity index (χ1) is 20.1. The summed E-state index contributed by atoms with van der Waals surface area (Å²) in [5.41, 5.74) is 3.05. The number of hydrogen-bond donors (Lipinski definition) is 3. The van der Waals surface area contributed by atoms with Crippen molar-refractivity contribution in [1.29, 1.82) is 0 Å². The van der Waals surface area contributed by atoms with Crippen LogP contribution < -0.4 is 15.5 Å². The van der Waals surface area contributed by atoms with Gasteiger partial charge in [0.05, 0.1) is 30.9 Å². The molecule has 10 nitrogen and oxygen atoms in total. The Kier molecular flexibility index (Phi) is 9.74. The maximum atomic E-state index is 13.5. The van der Waals surface area contributed by atoms with Crippen molar-refractivity contribution in [3.05, 3.63) is 94.8 Å². The van der Waals surface area contributed by atoms with Crippen molar-refractivity contribution in [2.45, 2.75) is 25.8 Å². The summed E-state index contributed by atoms with van der Waals surface area (Å²) in [4.78, 5) is 53.9. The molecule has 1 aliphatic rings. The van der Waals surface area contributed by atoms with E-state index in [9.17, 15) is 28.7 Å². The number of aryl methyl sites for hydroxylation is 1. The van der Waals surface area contributed by atoms with Crippen molar-refractivity contribution < 1.29 is 33.4 Å². The highest BCUT2D eigenvalue weighted by Gasteiger charge is 2.24. The summed E-state index contributed by atoms with van der Waals surface area (Å²) in [7, 11) is 1.34. The van der Waals surface area contributed by atoms with Crippen LogP contribution in [-0.2, 0) is 9.53 Å². The number of amides is 3. The number of anilines is 2. The van der Waals surface area contributed by atoms with Gasteiger partial charge in [-0.25, -0.2) is 9.18 Å². The molecule has 42 heavy (non-hydrogen) atoms. The molecule has 4 rings (SSSR count). The van der Waals surface area contributed by atoms with E-state index in [-0.39, 0.29) is 11.5 Å². The minimum absolute atomic E-state index is 0.196. The number of halogens is 1. The summed E-state index contributed by atoms with van der Waals surface area (Å²) in [5.74, 6) is -2.53. The second kappa shape index (κ2) is 13.6. The Hall–Kier alpha value is -4.93. The molecule has 11 heteroatoms. The van der Waals surface area contributed by atoms with Crippen molar-refractivity contribution in [1.82, 2.24) is 10.2 Å². The summed E-state index contributed by atoms with van der Waals surface area (Å²) < 4.78 is 18.3. The smallest absolute Gasteiger partial charge is 0.409 e. The number of nitrogens with zero attached hydrogens (tertiary/aromatic N) is 2. The molecule has 1 atom stereocenters. The van der Waals surface area contributed by atoms with Gasteiger partial charge in [-0.1, -0.05) is 29.8 Å². The average Bonchev–Trinajstić information content (AvgIpc) is 3.23. The molecule has 1 saturated heterocycles. The van der Waals surface area contributed by atoms with Gasteiger partial charge < -0.3 is 30.3 Å². The van der Waals surface area contributed by atoms with E-state index in [1.165, 1.54) is 31.4 Å². The van der Waals surface area contributed by atoms with Gasteiger partial charge >= 0.3 is 12.1 Å². The average molecular weight is 577 g/mol. The van der Waals surface area contributed by atoms with Gasteiger partial charge in [0.2, 0.25) is 0 Å². The van der Waals surface area contributed by atoms with E-state index in [4.69, 9.17) is 4.74 Å². The number of carboxylic acids is 1. The van der Waals surface area contributed by atoms with Gasteiger partial charge in [-0.3, -0.25) is 14.4 Å². The number of carbonyl (C=O) groups is 4. The first kappa shape index (κ1) is 30.0. The van der Waals surface area contributed by atoms with E-state index in [1.807, 2.05) is 17.9 Å². The zero-order chi connectivity index (χ0) is 30.2. The van der Waals surface area contributed by atoms with Crippen LogP contribution in [0.2, 0.25) is 0 Å². The predicted octanol–water partition coefficient (Wildman–Crippen LogP) is 4.61. The largest absolute Gasteiger partial charge is 0.481 e. The van der Waals surface area contributed by atoms with Crippen LogP contribution in [-0.4, -0.2) is 67.2 Å². The number of ether oxygens (including phenoxy) is 1. The lowest BCUT2D eigenvalue weighted by molar-refractivity contribution is -0.137. The fraction of sp³-hybridized carbons (Fsp3) is 0.290. The third-order valence-corrected chi connectivity index (χ3v) is 7.01. The van der Waals surface area contributed by atoms with E-state index < -0.39 is 36.2 Å². The summed E-state index contributed by atoms with van der Waals surface area (Å²) in [6.07, 6.45) is -0.150. The van der Waals surface area contributed by atoms with Gasteiger partial charge in [0, 0.05) is 37.3 Å². The maximum Gasteiger partial charge on any atom is 0.409 e. The number of benzene rings is 3. The van der Waals surface area contributed by atoms with Crippen molar-refractivity contribution in [3.8, 4) is 0 Å². The maximum absolute atomic E-state index is 13.5. The van der Waals surface area contributed by atoms with Gasteiger partial charge in [-0.05, 0) is 61.4 Å². The zero-order valence-electron chi connectivity index (χ0n) is 23.4. The monoisotopic (exact) mass is 576 g/mol. The number of aliphatic carboxylic acids is 1. The van der Waals surface area contributed by atoms with Crippen molar-refractivity contribution in [2.75, 3.05) is 43.5 Å². The molecule has 1 unspecified atom stereocenters. The van der Waals surface area contributed by atoms with E-state index in [0.717, 1.165) is 5.56 Å². The second-order valence-corrected chi connectivity index (χ2v) is 10.0. The molecule has 3 aromatic carbocycles. The Morgan fingerprint density at radius 2 is 1.67 bits per heavy atom. The van der Waals surface area contributed by atoms with Crippen molar-refractivity contribution >= 4 is 35.3 Å². The highest BCUT2D eigenvalue weighted by atomic mass is 19.1. The van der Waals surface area contributed by atoms with Gasteiger partial charge in [0.25, 0.3) is 11.8 Å². The molecule has 3 aromatic rings. The zero-order valence-corrected chi connectivity index (χ0v) is 23.4. The minimum Gasteiger partial charge on any atom is -0.481 e. The van der Waals surface area contributed by atoms with Crippen LogP contribution in [0.3, 0.4) is 0 Å². The molecular weight excluding hydrogens is 543 g/mol. The number of rotatable bonds is 8. The Bertz CT molecular complexity index is 1460. The van der Waals surface area contributed by atoms with E-state index in [2.05, 4.69) is 10.6 Å². The fourth-order valence-electron chi connectivity index (χ4n) is 4.87. The summed E-state index contributed by atoms with van der Waals surface area (Å²) in [6, 6.07) is 16.3. The van der Waals surface area contributed by atoms with Crippen molar-refractivity contribution in [3.63, 3.8) is 0 Å². The Balaban J connectivity index is 1.64. The molecule has 0 bridgehead atoms. The summed E-state index contributed by atoms with van der Waals surface area (Å²) >= 11 is 0. The quantitative estimate of drug-likeness (QED) is 0.357. The third-order valence-electron chi connectivity index (χ3n) is 7.01. The molecule has 1 fully saturated rings. The molecule has 3 N–H and O–H groups in total. The normalized spacial score (nSPS) is 14.0. The number of nitrogens with one attached hydrogen (secondary N) is 2. The first-order valence-corrected chi connectivity index (χ1v) is 13.5. The van der Waals surface area contributed by atoms with E-state index in [1.54, 1.807) is 41.3 Å². The number of hydrogen-bond acceptors (Lipinski definition) is 6. The molecule has 220 valence electrons. The fourth-order valence-corrected chi connectivity index (χ4v) is 4.87. The lowest BCUT2D eigenvalue weighted by Gasteiger charge is -2.26. The highest BCUT2D eigenvalue weighted by Crippen LogP contribution is 2.30. The lowest BCUT2D eigenvalue weighted by atomic mass is 10.0. The molecule has 0 aliphatic carbocycles.